The Morgan fingerprint density at radius 2 is 1.82 bits per heavy atom. The molecule has 1 amide bonds. The minimum absolute atomic E-state index is 0.248. The molecule has 10 heteroatoms. The zero-order chi connectivity index (χ0) is 24.4. The Labute approximate surface area is 229 Å². The summed E-state index contributed by atoms with van der Waals surface area (Å²) in [6.07, 6.45) is 1.75. The lowest BCUT2D eigenvalue weighted by molar-refractivity contribution is -0.113. The van der Waals surface area contributed by atoms with Gasteiger partial charge in [0.05, 0.1) is 32.2 Å². The lowest BCUT2D eigenvalue weighted by atomic mass is 10.1. The molecule has 0 radical (unpaired) electrons. The van der Waals surface area contributed by atoms with Gasteiger partial charge in [-0.2, -0.15) is 0 Å². The van der Waals surface area contributed by atoms with Crippen molar-refractivity contribution in [2.45, 2.75) is 6.61 Å². The van der Waals surface area contributed by atoms with Gasteiger partial charge in [-0.15, -0.1) is 0 Å². The monoisotopic (exact) mass is 613 g/mol. The Bertz CT molecular complexity index is 1330. The molecule has 1 aliphatic heterocycles. The topological polar surface area (TPSA) is 38.8 Å². The first kappa shape index (κ1) is 25.4. The number of carbonyl (C=O) groups excluding carboxylic acids is 1. The SMILES string of the molecule is COc1cc(/C=C2\SC(=S)N(c3ccc(Cl)c(Cl)c3)C2=O)cc(Br)c1OCc1ccccc1Cl. The molecule has 174 valence electrons. The largest absolute Gasteiger partial charge is 0.493 e. The van der Waals surface area contributed by atoms with E-state index in [1.165, 1.54) is 16.7 Å². The van der Waals surface area contributed by atoms with E-state index in [2.05, 4.69) is 15.9 Å². The molecule has 0 bridgehead atoms. The van der Waals surface area contributed by atoms with E-state index in [1.807, 2.05) is 30.3 Å². The minimum atomic E-state index is -0.248. The molecule has 4 nitrogen and oxygen atoms in total. The molecule has 1 fully saturated rings. The van der Waals surface area contributed by atoms with Crippen molar-refractivity contribution in [2.24, 2.45) is 0 Å². The van der Waals surface area contributed by atoms with Gasteiger partial charge in [-0.05, 0) is 64.0 Å². The van der Waals surface area contributed by atoms with Gasteiger partial charge in [0.1, 0.15) is 6.61 Å². The Morgan fingerprint density at radius 3 is 2.53 bits per heavy atom. The average Bonchev–Trinajstić information content (AvgIpc) is 3.08. The molecule has 0 saturated carbocycles. The highest BCUT2D eigenvalue weighted by Crippen LogP contribution is 2.41. The maximum Gasteiger partial charge on any atom is 0.270 e. The number of amides is 1. The highest BCUT2D eigenvalue weighted by atomic mass is 79.9. The molecule has 4 rings (SSSR count). The fraction of sp³-hybridized carbons (Fsp3) is 0.0833. The summed E-state index contributed by atoms with van der Waals surface area (Å²) in [5.74, 6) is 0.790. The number of nitrogens with zero attached hydrogens (tertiary/aromatic N) is 1. The number of thioether (sulfide) groups is 1. The van der Waals surface area contributed by atoms with Gasteiger partial charge in [-0.1, -0.05) is 77.0 Å². The Hall–Kier alpha value is -1.74. The van der Waals surface area contributed by atoms with Crippen molar-refractivity contribution >= 4 is 96.7 Å². The number of methoxy groups -OCH3 is 1. The molecule has 0 unspecified atom stereocenters. The van der Waals surface area contributed by atoms with E-state index < -0.39 is 0 Å². The maximum atomic E-state index is 13.1. The van der Waals surface area contributed by atoms with Crippen molar-refractivity contribution < 1.29 is 14.3 Å². The fourth-order valence-electron chi connectivity index (χ4n) is 3.19. The second kappa shape index (κ2) is 10.9. The van der Waals surface area contributed by atoms with Crippen LogP contribution in [0.4, 0.5) is 5.69 Å². The van der Waals surface area contributed by atoms with E-state index in [1.54, 1.807) is 37.5 Å². The number of halogens is 4. The van der Waals surface area contributed by atoms with Crippen LogP contribution >= 0.6 is 74.7 Å². The molecule has 0 aliphatic carbocycles. The van der Waals surface area contributed by atoms with Gasteiger partial charge >= 0.3 is 0 Å². The lowest BCUT2D eigenvalue weighted by Gasteiger charge is -2.15. The molecule has 1 saturated heterocycles. The van der Waals surface area contributed by atoms with Gasteiger partial charge in [0.2, 0.25) is 0 Å². The summed E-state index contributed by atoms with van der Waals surface area (Å²) >= 11 is 28.5. The Balaban J connectivity index is 1.59. The third-order valence-electron chi connectivity index (χ3n) is 4.83. The van der Waals surface area contributed by atoms with Gasteiger partial charge < -0.3 is 9.47 Å². The summed E-state index contributed by atoms with van der Waals surface area (Å²) < 4.78 is 12.6. The third kappa shape index (κ3) is 5.40. The minimum Gasteiger partial charge on any atom is -0.493 e. The number of hydrogen-bond donors (Lipinski definition) is 0. The van der Waals surface area contributed by atoms with E-state index in [4.69, 9.17) is 56.5 Å². The van der Waals surface area contributed by atoms with Crippen LogP contribution in [0.15, 0.2) is 64.0 Å². The summed E-state index contributed by atoms with van der Waals surface area (Å²) in [4.78, 5) is 15.0. The molecule has 1 aliphatic rings. The van der Waals surface area contributed by atoms with Crippen LogP contribution in [0.5, 0.6) is 11.5 Å². The quantitative estimate of drug-likeness (QED) is 0.206. The van der Waals surface area contributed by atoms with Crippen molar-refractivity contribution in [3.63, 3.8) is 0 Å². The molecule has 0 atom stereocenters. The number of anilines is 1. The Morgan fingerprint density at radius 1 is 1.06 bits per heavy atom. The summed E-state index contributed by atoms with van der Waals surface area (Å²) in [6, 6.07) is 16.0. The summed E-state index contributed by atoms with van der Waals surface area (Å²) in [5, 5.41) is 1.37. The van der Waals surface area contributed by atoms with Crippen molar-refractivity contribution in [3.8, 4) is 11.5 Å². The van der Waals surface area contributed by atoms with Crippen LogP contribution in [0.1, 0.15) is 11.1 Å². The van der Waals surface area contributed by atoms with Gasteiger partial charge in [0, 0.05) is 10.6 Å². The fourth-order valence-corrected chi connectivity index (χ4v) is 5.55. The van der Waals surface area contributed by atoms with E-state index in [0.717, 1.165) is 11.1 Å². The third-order valence-corrected chi connectivity index (χ3v) is 7.83. The molecule has 3 aromatic rings. The molecule has 0 spiro atoms. The van der Waals surface area contributed by atoms with Gasteiger partial charge in [0.25, 0.3) is 5.91 Å². The molecular weight excluding hydrogens is 601 g/mol. The summed E-state index contributed by atoms with van der Waals surface area (Å²) in [6.45, 7) is 0.274. The molecule has 0 N–H and O–H groups in total. The highest BCUT2D eigenvalue weighted by Gasteiger charge is 2.33. The second-order valence-corrected chi connectivity index (χ2v) is 10.8. The van der Waals surface area contributed by atoms with E-state index in [-0.39, 0.29) is 12.5 Å². The summed E-state index contributed by atoms with van der Waals surface area (Å²) in [5.41, 5.74) is 2.15. The molecule has 3 aromatic carbocycles. The molecule has 1 heterocycles. The van der Waals surface area contributed by atoms with Crippen LogP contribution in [0, 0.1) is 0 Å². The summed E-state index contributed by atoms with van der Waals surface area (Å²) in [7, 11) is 1.55. The normalized spacial score (nSPS) is 14.7. The van der Waals surface area contributed by atoms with Crippen LogP contribution in [0.25, 0.3) is 6.08 Å². The first-order chi connectivity index (χ1) is 16.3. The van der Waals surface area contributed by atoms with Gasteiger partial charge in [-0.3, -0.25) is 9.69 Å². The highest BCUT2D eigenvalue weighted by molar-refractivity contribution is 9.10. The van der Waals surface area contributed by atoms with Gasteiger partial charge in [-0.25, -0.2) is 0 Å². The van der Waals surface area contributed by atoms with Crippen LogP contribution in [-0.2, 0) is 11.4 Å². The van der Waals surface area contributed by atoms with Crippen LogP contribution < -0.4 is 14.4 Å². The van der Waals surface area contributed by atoms with Crippen molar-refractivity contribution in [1.82, 2.24) is 0 Å². The predicted molar refractivity (Wildman–Crippen MR) is 149 cm³/mol. The predicted octanol–water partition coefficient (Wildman–Crippen LogP) is 8.40. The standard InChI is InChI=1S/C24H15BrCl3NO3S2/c1-31-20-9-13(8-16(25)22(20)32-12-14-4-2-3-5-17(14)26)10-21-23(30)29(24(33)34-21)15-6-7-18(27)19(28)11-15/h2-11H,12H2,1H3/b21-10-. The van der Waals surface area contributed by atoms with Crippen LogP contribution in [0.2, 0.25) is 15.1 Å². The van der Waals surface area contributed by atoms with E-state index >= 15 is 0 Å². The average molecular weight is 616 g/mol. The lowest BCUT2D eigenvalue weighted by Crippen LogP contribution is -2.27. The molecular formula is C24H15BrCl3NO3S2. The zero-order valence-corrected chi connectivity index (χ0v) is 23.0. The van der Waals surface area contributed by atoms with Crippen LogP contribution in [0.3, 0.4) is 0 Å². The maximum absolute atomic E-state index is 13.1. The number of benzene rings is 3. The number of thiocarbonyl (C=S) groups is 1. The Kier molecular flexibility index (Phi) is 8.12. The van der Waals surface area contributed by atoms with E-state index in [9.17, 15) is 4.79 Å². The number of rotatable bonds is 6. The van der Waals surface area contributed by atoms with Crippen molar-refractivity contribution in [2.75, 3.05) is 12.0 Å². The molecule has 0 aromatic heterocycles. The van der Waals surface area contributed by atoms with Crippen LogP contribution in [-0.4, -0.2) is 17.3 Å². The zero-order valence-electron chi connectivity index (χ0n) is 17.5. The van der Waals surface area contributed by atoms with Crippen molar-refractivity contribution in [3.05, 3.63) is 90.2 Å². The first-order valence-corrected chi connectivity index (χ1v) is 12.9. The van der Waals surface area contributed by atoms with Gasteiger partial charge in [0.15, 0.2) is 15.8 Å². The number of hydrogen-bond acceptors (Lipinski definition) is 5. The smallest absolute Gasteiger partial charge is 0.270 e. The second-order valence-electron chi connectivity index (χ2n) is 7.03. The number of ether oxygens (including phenoxy) is 2. The number of carbonyl (C=O) groups is 1. The van der Waals surface area contributed by atoms with E-state index in [0.29, 0.717) is 46.0 Å². The van der Waals surface area contributed by atoms with Crippen molar-refractivity contribution in [1.29, 1.82) is 0 Å². The first-order valence-electron chi connectivity index (χ1n) is 9.75. The molecule has 34 heavy (non-hydrogen) atoms.